The molecule has 1 amide bonds. The number of rotatable bonds is 5. The Bertz CT molecular complexity index is 1000. The van der Waals surface area contributed by atoms with Crippen LogP contribution in [-0.4, -0.2) is 16.5 Å². The Morgan fingerprint density at radius 3 is 2.62 bits per heavy atom. The standard InChI is InChI=1S/C22H24N2O2/c1-4-16(3)23-22(26)19-13-21(25)24(20-11-6-5-10-18(19)20)14-17-9-7-8-15(2)12-17/h5-13,16H,4,14H2,1-3H3,(H,23,26). The fraction of sp³-hybridized carbons (Fsp3) is 0.273. The summed E-state index contributed by atoms with van der Waals surface area (Å²) < 4.78 is 1.73. The zero-order chi connectivity index (χ0) is 18.7. The van der Waals surface area contributed by atoms with E-state index in [0.29, 0.717) is 12.1 Å². The van der Waals surface area contributed by atoms with E-state index in [1.54, 1.807) is 4.57 Å². The summed E-state index contributed by atoms with van der Waals surface area (Å²) >= 11 is 0. The van der Waals surface area contributed by atoms with Crippen molar-refractivity contribution in [3.63, 3.8) is 0 Å². The summed E-state index contributed by atoms with van der Waals surface area (Å²) in [6.07, 6.45) is 0.841. The largest absolute Gasteiger partial charge is 0.350 e. The van der Waals surface area contributed by atoms with E-state index in [1.807, 2.05) is 63.2 Å². The molecule has 4 nitrogen and oxygen atoms in total. The van der Waals surface area contributed by atoms with Gasteiger partial charge in [0, 0.05) is 17.5 Å². The first-order valence-electron chi connectivity index (χ1n) is 8.98. The maximum absolute atomic E-state index is 12.8. The van der Waals surface area contributed by atoms with Gasteiger partial charge < -0.3 is 9.88 Å². The van der Waals surface area contributed by atoms with Crippen LogP contribution in [0.2, 0.25) is 0 Å². The second-order valence-corrected chi connectivity index (χ2v) is 6.77. The first-order chi connectivity index (χ1) is 12.5. The lowest BCUT2D eigenvalue weighted by atomic mass is 10.1. The molecule has 1 N–H and O–H groups in total. The average molecular weight is 348 g/mol. The van der Waals surface area contributed by atoms with Crippen LogP contribution in [0.3, 0.4) is 0 Å². The molecule has 4 heteroatoms. The van der Waals surface area contributed by atoms with Gasteiger partial charge in [0.2, 0.25) is 0 Å². The maximum Gasteiger partial charge on any atom is 0.252 e. The highest BCUT2D eigenvalue weighted by molar-refractivity contribution is 6.06. The van der Waals surface area contributed by atoms with Gasteiger partial charge in [-0.2, -0.15) is 0 Å². The predicted molar refractivity (Wildman–Crippen MR) is 106 cm³/mol. The van der Waals surface area contributed by atoms with Crippen molar-refractivity contribution in [2.24, 2.45) is 0 Å². The van der Waals surface area contributed by atoms with Crippen molar-refractivity contribution in [2.45, 2.75) is 39.8 Å². The third-order valence-electron chi connectivity index (χ3n) is 4.68. The van der Waals surface area contributed by atoms with Crippen molar-refractivity contribution in [2.75, 3.05) is 0 Å². The molecule has 26 heavy (non-hydrogen) atoms. The molecule has 1 heterocycles. The van der Waals surface area contributed by atoms with E-state index < -0.39 is 0 Å². The van der Waals surface area contributed by atoms with Gasteiger partial charge in [-0.3, -0.25) is 9.59 Å². The van der Waals surface area contributed by atoms with Gasteiger partial charge >= 0.3 is 0 Å². The molecule has 3 rings (SSSR count). The van der Waals surface area contributed by atoms with E-state index in [-0.39, 0.29) is 17.5 Å². The Morgan fingerprint density at radius 1 is 1.12 bits per heavy atom. The summed E-state index contributed by atoms with van der Waals surface area (Å²) in [5.74, 6) is -0.199. The van der Waals surface area contributed by atoms with Crippen molar-refractivity contribution in [3.8, 4) is 0 Å². The van der Waals surface area contributed by atoms with Crippen molar-refractivity contribution >= 4 is 16.8 Å². The number of para-hydroxylation sites is 1. The number of carbonyl (C=O) groups is 1. The van der Waals surface area contributed by atoms with Crippen molar-refractivity contribution in [3.05, 3.63) is 81.6 Å². The molecule has 0 spiro atoms. The van der Waals surface area contributed by atoms with Crippen LogP contribution in [0.1, 0.15) is 41.8 Å². The number of hydrogen-bond acceptors (Lipinski definition) is 2. The summed E-state index contributed by atoms with van der Waals surface area (Å²) in [7, 11) is 0. The van der Waals surface area contributed by atoms with Gasteiger partial charge in [-0.05, 0) is 31.9 Å². The molecule has 0 aliphatic rings. The van der Waals surface area contributed by atoms with E-state index in [4.69, 9.17) is 0 Å². The van der Waals surface area contributed by atoms with E-state index in [0.717, 1.165) is 28.5 Å². The number of pyridine rings is 1. The molecule has 3 aromatic rings. The van der Waals surface area contributed by atoms with Crippen LogP contribution in [0, 0.1) is 6.92 Å². The van der Waals surface area contributed by atoms with E-state index in [1.165, 1.54) is 6.07 Å². The fourth-order valence-corrected chi connectivity index (χ4v) is 3.08. The number of amides is 1. The monoisotopic (exact) mass is 348 g/mol. The van der Waals surface area contributed by atoms with Crippen molar-refractivity contribution < 1.29 is 4.79 Å². The molecular weight excluding hydrogens is 324 g/mol. The minimum absolute atomic E-state index is 0.0657. The molecule has 1 unspecified atom stereocenters. The third-order valence-corrected chi connectivity index (χ3v) is 4.68. The number of aromatic nitrogens is 1. The summed E-state index contributed by atoms with van der Waals surface area (Å²) in [5.41, 5.74) is 3.26. The molecule has 0 fully saturated rings. The molecule has 0 bridgehead atoms. The maximum atomic E-state index is 12.8. The van der Waals surface area contributed by atoms with Crippen LogP contribution in [0.15, 0.2) is 59.4 Å². The van der Waals surface area contributed by atoms with Crippen LogP contribution in [-0.2, 0) is 6.54 Å². The van der Waals surface area contributed by atoms with Crippen LogP contribution in [0.4, 0.5) is 0 Å². The predicted octanol–water partition coefficient (Wildman–Crippen LogP) is 3.89. The Hall–Kier alpha value is -2.88. The summed E-state index contributed by atoms with van der Waals surface area (Å²) in [6.45, 7) is 6.49. The van der Waals surface area contributed by atoms with E-state index >= 15 is 0 Å². The van der Waals surface area contributed by atoms with Gasteiger partial charge in [-0.25, -0.2) is 0 Å². The number of aryl methyl sites for hydroxylation is 1. The third kappa shape index (κ3) is 3.69. The second-order valence-electron chi connectivity index (χ2n) is 6.77. The molecule has 0 aliphatic carbocycles. The van der Waals surface area contributed by atoms with Gasteiger partial charge in [-0.15, -0.1) is 0 Å². The van der Waals surface area contributed by atoms with Crippen molar-refractivity contribution in [1.82, 2.24) is 9.88 Å². The van der Waals surface area contributed by atoms with Gasteiger partial charge in [0.15, 0.2) is 0 Å². The molecule has 0 saturated heterocycles. The number of benzene rings is 2. The number of nitrogens with zero attached hydrogens (tertiary/aromatic N) is 1. The molecule has 134 valence electrons. The first-order valence-corrected chi connectivity index (χ1v) is 8.98. The Labute approximate surface area is 153 Å². The van der Waals surface area contributed by atoms with Crippen LogP contribution in [0.5, 0.6) is 0 Å². The fourth-order valence-electron chi connectivity index (χ4n) is 3.08. The van der Waals surface area contributed by atoms with Gasteiger partial charge in [0.25, 0.3) is 11.5 Å². The molecule has 2 aromatic carbocycles. The normalized spacial score (nSPS) is 12.1. The summed E-state index contributed by atoms with van der Waals surface area (Å²) in [4.78, 5) is 25.4. The molecule has 1 atom stereocenters. The molecule has 0 saturated carbocycles. The van der Waals surface area contributed by atoms with Gasteiger partial charge in [0.05, 0.1) is 17.6 Å². The molecule has 1 aromatic heterocycles. The average Bonchev–Trinajstić information content (AvgIpc) is 2.63. The minimum Gasteiger partial charge on any atom is -0.350 e. The zero-order valence-electron chi connectivity index (χ0n) is 15.5. The lowest BCUT2D eigenvalue weighted by molar-refractivity contribution is 0.0940. The molecule has 0 radical (unpaired) electrons. The van der Waals surface area contributed by atoms with E-state index in [2.05, 4.69) is 11.4 Å². The lowest BCUT2D eigenvalue weighted by Crippen LogP contribution is -2.33. The number of fused-ring (bicyclic) bond motifs is 1. The van der Waals surface area contributed by atoms with Crippen LogP contribution < -0.4 is 10.9 Å². The first kappa shape index (κ1) is 17.9. The highest BCUT2D eigenvalue weighted by atomic mass is 16.2. The minimum atomic E-state index is -0.199. The summed E-state index contributed by atoms with van der Waals surface area (Å²) in [5, 5.41) is 3.75. The Morgan fingerprint density at radius 2 is 1.88 bits per heavy atom. The second kappa shape index (κ2) is 7.56. The van der Waals surface area contributed by atoms with E-state index in [9.17, 15) is 9.59 Å². The zero-order valence-corrected chi connectivity index (χ0v) is 15.5. The van der Waals surface area contributed by atoms with Crippen LogP contribution >= 0.6 is 0 Å². The summed E-state index contributed by atoms with van der Waals surface area (Å²) in [6, 6.07) is 17.2. The number of nitrogens with one attached hydrogen (secondary N) is 1. The Kier molecular flexibility index (Phi) is 5.21. The molecule has 0 aliphatic heterocycles. The van der Waals surface area contributed by atoms with Crippen LogP contribution in [0.25, 0.3) is 10.9 Å². The number of carbonyl (C=O) groups excluding carboxylic acids is 1. The van der Waals surface area contributed by atoms with Gasteiger partial charge in [-0.1, -0.05) is 55.0 Å². The SMILES string of the molecule is CCC(C)NC(=O)c1cc(=O)n(Cc2cccc(C)c2)c2ccccc12. The lowest BCUT2D eigenvalue weighted by Gasteiger charge is -2.16. The quantitative estimate of drug-likeness (QED) is 0.760. The smallest absolute Gasteiger partial charge is 0.252 e. The number of hydrogen-bond donors (Lipinski definition) is 1. The van der Waals surface area contributed by atoms with Gasteiger partial charge in [0.1, 0.15) is 0 Å². The van der Waals surface area contributed by atoms with Crippen molar-refractivity contribution in [1.29, 1.82) is 0 Å². The highest BCUT2D eigenvalue weighted by Crippen LogP contribution is 2.18. The molecular formula is C22H24N2O2. The topological polar surface area (TPSA) is 51.1 Å². The Balaban J connectivity index is 2.09. The highest BCUT2D eigenvalue weighted by Gasteiger charge is 2.16.